The Bertz CT molecular complexity index is 852. The van der Waals surface area contributed by atoms with E-state index in [4.69, 9.17) is 0 Å². The van der Waals surface area contributed by atoms with Crippen LogP contribution in [-0.2, 0) is 14.8 Å². The summed E-state index contributed by atoms with van der Waals surface area (Å²) in [5.41, 5.74) is -0.409. The Labute approximate surface area is 171 Å². The van der Waals surface area contributed by atoms with E-state index in [0.717, 1.165) is 37.1 Å². The van der Waals surface area contributed by atoms with Gasteiger partial charge in [-0.2, -0.15) is 4.31 Å². The molecule has 0 spiro atoms. The molecule has 160 valence electrons. The molecule has 2 saturated heterocycles. The summed E-state index contributed by atoms with van der Waals surface area (Å²) in [5, 5.41) is 11.2. The Morgan fingerprint density at radius 2 is 1.90 bits per heavy atom. The van der Waals surface area contributed by atoms with Crippen molar-refractivity contribution >= 4 is 21.6 Å². The third-order valence-corrected chi connectivity index (χ3v) is 7.88. The van der Waals surface area contributed by atoms with Gasteiger partial charge in [-0.05, 0) is 31.7 Å². The number of nitrogens with one attached hydrogen (secondary N) is 1. The van der Waals surface area contributed by atoms with Gasteiger partial charge in [-0.1, -0.05) is 19.1 Å². The van der Waals surface area contributed by atoms with Crippen molar-refractivity contribution in [2.24, 2.45) is 0 Å². The first-order valence-electron chi connectivity index (χ1n) is 10.2. The SMILES string of the molecule is CC[C@H]1CCCCN1C(=O)C[NH+]1CCN(S(=O)(=O)c2ccccc2[N+](=O)[O-])CC1. The standard InChI is InChI=1S/C19H28N4O5S/c1-2-16-7-5-6-10-22(16)19(24)15-20-11-13-21(14-12-20)29(27,28)18-9-4-3-8-17(18)23(25)26/h3-4,8-9,16H,2,5-7,10-15H2,1H3/p+1/t16-/m0/s1. The zero-order valence-corrected chi connectivity index (χ0v) is 17.6. The van der Waals surface area contributed by atoms with E-state index in [1.165, 1.54) is 28.6 Å². The zero-order chi connectivity index (χ0) is 21.0. The number of sulfonamides is 1. The number of nitro benzene ring substituents is 1. The first kappa shape index (κ1) is 21.7. The topological polar surface area (TPSA) is 105 Å². The molecule has 1 amide bonds. The van der Waals surface area contributed by atoms with E-state index in [0.29, 0.717) is 25.7 Å². The molecule has 2 fully saturated rings. The van der Waals surface area contributed by atoms with Crippen LogP contribution in [-0.4, -0.2) is 73.8 Å². The van der Waals surface area contributed by atoms with Crippen molar-refractivity contribution in [1.82, 2.24) is 9.21 Å². The predicted octanol–water partition coefficient (Wildman–Crippen LogP) is 0.275. The fraction of sp³-hybridized carbons (Fsp3) is 0.632. The molecule has 2 aliphatic rings. The number of likely N-dealkylation sites (tertiary alicyclic amines) is 1. The van der Waals surface area contributed by atoms with Crippen molar-refractivity contribution in [2.75, 3.05) is 39.3 Å². The maximum atomic E-state index is 12.9. The summed E-state index contributed by atoms with van der Waals surface area (Å²) in [6.07, 6.45) is 4.22. The number of piperidine rings is 1. The van der Waals surface area contributed by atoms with E-state index >= 15 is 0 Å². The van der Waals surface area contributed by atoms with Crippen LogP contribution in [0.5, 0.6) is 0 Å². The lowest BCUT2D eigenvalue weighted by Crippen LogP contribution is -3.15. The van der Waals surface area contributed by atoms with E-state index in [2.05, 4.69) is 6.92 Å². The molecule has 2 heterocycles. The molecular formula is C19H29N4O5S+. The number of quaternary nitrogens is 1. The summed E-state index contributed by atoms with van der Waals surface area (Å²) in [7, 11) is -3.94. The number of rotatable bonds is 6. The number of carbonyl (C=O) groups is 1. The molecule has 1 aromatic carbocycles. The fourth-order valence-electron chi connectivity index (χ4n) is 4.25. The highest BCUT2D eigenvalue weighted by atomic mass is 32.2. The smallest absolute Gasteiger partial charge is 0.289 e. The molecule has 10 heteroatoms. The van der Waals surface area contributed by atoms with Crippen molar-refractivity contribution in [3.05, 3.63) is 34.4 Å². The highest BCUT2D eigenvalue weighted by Gasteiger charge is 2.36. The number of piperazine rings is 1. The summed E-state index contributed by atoms with van der Waals surface area (Å²) in [5.74, 6) is 0.140. The molecule has 0 bridgehead atoms. The highest BCUT2D eigenvalue weighted by Crippen LogP contribution is 2.26. The third kappa shape index (κ3) is 4.76. The van der Waals surface area contributed by atoms with Gasteiger partial charge in [-0.25, -0.2) is 8.42 Å². The average Bonchev–Trinajstić information content (AvgIpc) is 2.74. The number of hydrogen-bond donors (Lipinski definition) is 1. The molecule has 0 saturated carbocycles. The van der Waals surface area contributed by atoms with Crippen molar-refractivity contribution in [3.63, 3.8) is 0 Å². The quantitative estimate of drug-likeness (QED) is 0.520. The minimum absolute atomic E-state index is 0.140. The van der Waals surface area contributed by atoms with Gasteiger partial charge in [0.05, 0.1) is 31.1 Å². The first-order valence-corrected chi connectivity index (χ1v) is 11.6. The van der Waals surface area contributed by atoms with Gasteiger partial charge in [0.1, 0.15) is 0 Å². The van der Waals surface area contributed by atoms with Crippen molar-refractivity contribution < 1.29 is 23.0 Å². The second kappa shape index (κ2) is 9.19. The van der Waals surface area contributed by atoms with E-state index in [-0.39, 0.29) is 23.9 Å². The van der Waals surface area contributed by atoms with E-state index in [1.807, 2.05) is 4.90 Å². The van der Waals surface area contributed by atoms with Crippen LogP contribution in [0.25, 0.3) is 0 Å². The van der Waals surface area contributed by atoms with Crippen LogP contribution in [0.1, 0.15) is 32.6 Å². The fourth-order valence-corrected chi connectivity index (χ4v) is 5.85. The van der Waals surface area contributed by atoms with Crippen LogP contribution in [0.2, 0.25) is 0 Å². The Morgan fingerprint density at radius 3 is 2.55 bits per heavy atom. The van der Waals surface area contributed by atoms with Crippen molar-refractivity contribution in [3.8, 4) is 0 Å². The summed E-state index contributed by atoms with van der Waals surface area (Å²) in [6, 6.07) is 5.74. The van der Waals surface area contributed by atoms with Gasteiger partial charge in [0.15, 0.2) is 11.4 Å². The van der Waals surface area contributed by atoms with Gasteiger partial charge in [-0.15, -0.1) is 0 Å². The minimum atomic E-state index is -3.94. The number of para-hydroxylation sites is 1. The van der Waals surface area contributed by atoms with E-state index < -0.39 is 20.6 Å². The molecule has 1 aromatic rings. The minimum Gasteiger partial charge on any atom is -0.335 e. The summed E-state index contributed by atoms with van der Waals surface area (Å²) >= 11 is 0. The Morgan fingerprint density at radius 1 is 1.21 bits per heavy atom. The van der Waals surface area contributed by atoms with Gasteiger partial charge in [-0.3, -0.25) is 14.9 Å². The predicted molar refractivity (Wildman–Crippen MR) is 107 cm³/mol. The highest BCUT2D eigenvalue weighted by molar-refractivity contribution is 7.89. The number of nitrogens with zero attached hydrogens (tertiary/aromatic N) is 3. The number of carbonyl (C=O) groups excluding carboxylic acids is 1. The summed E-state index contributed by atoms with van der Waals surface area (Å²) in [4.78, 5) is 26.1. The number of nitro groups is 1. The molecular weight excluding hydrogens is 396 g/mol. The Kier molecular flexibility index (Phi) is 6.86. The number of hydrogen-bond acceptors (Lipinski definition) is 5. The third-order valence-electron chi connectivity index (χ3n) is 5.93. The zero-order valence-electron chi connectivity index (χ0n) is 16.7. The van der Waals surface area contributed by atoms with E-state index in [9.17, 15) is 23.3 Å². The maximum Gasteiger partial charge on any atom is 0.289 e. The van der Waals surface area contributed by atoms with Gasteiger partial charge >= 0.3 is 0 Å². The lowest BCUT2D eigenvalue weighted by atomic mass is 10.00. The van der Waals surface area contributed by atoms with Crippen LogP contribution >= 0.6 is 0 Å². The lowest BCUT2D eigenvalue weighted by Gasteiger charge is -2.37. The van der Waals surface area contributed by atoms with Gasteiger partial charge in [0.25, 0.3) is 11.6 Å². The molecule has 9 nitrogen and oxygen atoms in total. The van der Waals surface area contributed by atoms with Crippen LogP contribution < -0.4 is 4.90 Å². The number of amides is 1. The van der Waals surface area contributed by atoms with Crippen LogP contribution in [0.15, 0.2) is 29.2 Å². The molecule has 0 aromatic heterocycles. The molecule has 0 aliphatic carbocycles. The first-order chi connectivity index (χ1) is 13.8. The molecule has 0 unspecified atom stereocenters. The molecule has 3 rings (SSSR count). The molecule has 1 atom stereocenters. The van der Waals surface area contributed by atoms with Gasteiger partial charge in [0.2, 0.25) is 10.0 Å². The summed E-state index contributed by atoms with van der Waals surface area (Å²) < 4.78 is 27.1. The normalized spacial score (nSPS) is 21.8. The molecule has 2 aliphatic heterocycles. The summed E-state index contributed by atoms with van der Waals surface area (Å²) in [6.45, 7) is 4.79. The van der Waals surface area contributed by atoms with Crippen molar-refractivity contribution in [2.45, 2.75) is 43.5 Å². The van der Waals surface area contributed by atoms with Crippen LogP contribution in [0.3, 0.4) is 0 Å². The molecule has 1 N–H and O–H groups in total. The average molecular weight is 426 g/mol. The second-order valence-electron chi connectivity index (χ2n) is 7.70. The van der Waals surface area contributed by atoms with Crippen LogP contribution in [0.4, 0.5) is 5.69 Å². The van der Waals surface area contributed by atoms with Crippen molar-refractivity contribution in [1.29, 1.82) is 0 Å². The molecule has 0 radical (unpaired) electrons. The second-order valence-corrected chi connectivity index (χ2v) is 9.61. The van der Waals surface area contributed by atoms with Crippen LogP contribution in [0, 0.1) is 10.1 Å². The lowest BCUT2D eigenvalue weighted by molar-refractivity contribution is -0.896. The monoisotopic (exact) mass is 425 g/mol. The van der Waals surface area contributed by atoms with E-state index in [1.54, 1.807) is 0 Å². The Balaban J connectivity index is 1.62. The Hall–Kier alpha value is -2.04. The van der Waals surface area contributed by atoms with Gasteiger partial charge < -0.3 is 9.80 Å². The molecule has 29 heavy (non-hydrogen) atoms. The van der Waals surface area contributed by atoms with Gasteiger partial charge in [0, 0.05) is 18.7 Å². The largest absolute Gasteiger partial charge is 0.335 e. The number of benzene rings is 1. The maximum absolute atomic E-state index is 12.9.